The van der Waals surface area contributed by atoms with Gasteiger partial charge in [0.05, 0.1) is 11.7 Å². The fraction of sp³-hybridized carbons (Fsp3) is 0.471. The summed E-state index contributed by atoms with van der Waals surface area (Å²) < 4.78 is 6.72. The number of nitrogens with zero attached hydrogens (tertiary/aromatic N) is 2. The molecule has 1 aliphatic heterocycles. The van der Waals surface area contributed by atoms with E-state index in [0.29, 0.717) is 12.0 Å². The third kappa shape index (κ3) is 3.38. The normalized spacial score (nSPS) is 19.5. The molecule has 0 saturated carbocycles. The number of rotatable bonds is 4. The van der Waals surface area contributed by atoms with Crippen molar-refractivity contribution in [1.29, 1.82) is 0 Å². The molecule has 0 amide bonds. The third-order valence-corrected chi connectivity index (χ3v) is 4.66. The van der Waals surface area contributed by atoms with Gasteiger partial charge >= 0.3 is 0 Å². The molecule has 1 atom stereocenters. The zero-order valence-electron chi connectivity index (χ0n) is 12.6. The number of halogens is 1. The van der Waals surface area contributed by atoms with E-state index in [-0.39, 0.29) is 0 Å². The van der Waals surface area contributed by atoms with Crippen LogP contribution >= 0.6 is 15.9 Å². The molecule has 1 aliphatic rings. The maximum atomic E-state index is 5.60. The molecule has 1 aromatic carbocycles. The molecule has 0 N–H and O–H groups in total. The maximum absolute atomic E-state index is 5.60. The first-order chi connectivity index (χ1) is 10.1. The van der Waals surface area contributed by atoms with E-state index in [4.69, 9.17) is 4.52 Å². The van der Waals surface area contributed by atoms with Gasteiger partial charge in [-0.3, -0.25) is 4.90 Å². The summed E-state index contributed by atoms with van der Waals surface area (Å²) in [4.78, 5) is 2.49. The Labute approximate surface area is 134 Å². The summed E-state index contributed by atoms with van der Waals surface area (Å²) >= 11 is 3.49. The van der Waals surface area contributed by atoms with Gasteiger partial charge in [-0.05, 0) is 43.0 Å². The van der Waals surface area contributed by atoms with Crippen molar-refractivity contribution in [2.45, 2.75) is 45.2 Å². The lowest BCUT2D eigenvalue weighted by Crippen LogP contribution is -2.22. The van der Waals surface area contributed by atoms with Crippen molar-refractivity contribution in [2.24, 2.45) is 0 Å². The molecule has 0 bridgehead atoms. The molecule has 0 radical (unpaired) electrons. The van der Waals surface area contributed by atoms with E-state index >= 15 is 0 Å². The highest BCUT2D eigenvalue weighted by Gasteiger charge is 2.29. The zero-order chi connectivity index (χ0) is 14.8. The molecule has 3 rings (SSSR count). The predicted octanol–water partition coefficient (Wildman–Crippen LogP) is 4.90. The molecule has 112 valence electrons. The number of likely N-dealkylation sites (tertiary alicyclic amines) is 1. The Bertz CT molecular complexity index is 591. The minimum Gasteiger partial charge on any atom is -0.359 e. The van der Waals surface area contributed by atoms with Gasteiger partial charge in [0.15, 0.2) is 5.76 Å². The molecule has 1 saturated heterocycles. The van der Waals surface area contributed by atoms with Gasteiger partial charge < -0.3 is 4.52 Å². The van der Waals surface area contributed by atoms with Gasteiger partial charge in [0.25, 0.3) is 0 Å². The van der Waals surface area contributed by atoms with Gasteiger partial charge in [-0.25, -0.2) is 0 Å². The number of hydrogen-bond donors (Lipinski definition) is 0. The fourth-order valence-corrected chi connectivity index (χ4v) is 3.16. The monoisotopic (exact) mass is 348 g/mol. The van der Waals surface area contributed by atoms with Gasteiger partial charge in [-0.2, -0.15) is 0 Å². The van der Waals surface area contributed by atoms with Crippen LogP contribution in [0.4, 0.5) is 0 Å². The van der Waals surface area contributed by atoms with Crippen molar-refractivity contribution in [2.75, 3.05) is 6.54 Å². The standard InChI is InChI=1S/C17H21BrN2O/c1-12(2)15-10-17(21-19-15)16-4-3-9-20(16)11-13-5-7-14(18)8-6-13/h5-8,10,12,16H,3-4,9,11H2,1-2H3. The SMILES string of the molecule is CC(C)c1cc(C2CCCN2Cc2ccc(Br)cc2)on1. The lowest BCUT2D eigenvalue weighted by Gasteiger charge is -2.22. The fourth-order valence-electron chi connectivity index (χ4n) is 2.89. The van der Waals surface area contributed by atoms with Crippen LogP contribution in [0, 0.1) is 0 Å². The lowest BCUT2D eigenvalue weighted by molar-refractivity contribution is 0.206. The van der Waals surface area contributed by atoms with Crippen molar-refractivity contribution in [3.05, 3.63) is 51.8 Å². The largest absolute Gasteiger partial charge is 0.359 e. The molecule has 0 aliphatic carbocycles. The molecule has 2 heterocycles. The summed E-state index contributed by atoms with van der Waals surface area (Å²) in [6.07, 6.45) is 2.38. The Balaban J connectivity index is 1.74. The van der Waals surface area contributed by atoms with Crippen molar-refractivity contribution in [1.82, 2.24) is 10.1 Å². The Morgan fingerprint density at radius 3 is 2.76 bits per heavy atom. The Hall–Kier alpha value is -1.13. The highest BCUT2D eigenvalue weighted by Crippen LogP contribution is 2.34. The zero-order valence-corrected chi connectivity index (χ0v) is 14.1. The number of hydrogen-bond acceptors (Lipinski definition) is 3. The van der Waals surface area contributed by atoms with E-state index in [2.05, 4.69) is 70.2 Å². The van der Waals surface area contributed by atoms with Gasteiger partial charge in [-0.15, -0.1) is 0 Å². The second-order valence-electron chi connectivity index (χ2n) is 6.06. The highest BCUT2D eigenvalue weighted by molar-refractivity contribution is 9.10. The van der Waals surface area contributed by atoms with Crippen LogP contribution < -0.4 is 0 Å². The van der Waals surface area contributed by atoms with Gasteiger partial charge in [0, 0.05) is 17.1 Å². The minimum absolute atomic E-state index is 0.369. The second-order valence-corrected chi connectivity index (χ2v) is 6.98. The molecule has 21 heavy (non-hydrogen) atoms. The van der Waals surface area contributed by atoms with E-state index in [1.165, 1.54) is 12.0 Å². The van der Waals surface area contributed by atoms with E-state index < -0.39 is 0 Å². The molecule has 0 spiro atoms. The van der Waals surface area contributed by atoms with Gasteiger partial charge in [0.1, 0.15) is 0 Å². The Morgan fingerprint density at radius 2 is 2.10 bits per heavy atom. The quantitative estimate of drug-likeness (QED) is 0.786. The maximum Gasteiger partial charge on any atom is 0.154 e. The van der Waals surface area contributed by atoms with Crippen molar-refractivity contribution in [3.8, 4) is 0 Å². The van der Waals surface area contributed by atoms with E-state index in [1.807, 2.05) is 0 Å². The van der Waals surface area contributed by atoms with E-state index in [9.17, 15) is 0 Å². The van der Waals surface area contributed by atoms with E-state index in [1.54, 1.807) is 0 Å². The molecule has 4 heteroatoms. The number of benzene rings is 1. The molecule has 1 aromatic heterocycles. The van der Waals surface area contributed by atoms with Crippen molar-refractivity contribution >= 4 is 15.9 Å². The van der Waals surface area contributed by atoms with Crippen LogP contribution in [0.15, 0.2) is 39.3 Å². The van der Waals surface area contributed by atoms with Crippen LogP contribution in [-0.2, 0) is 6.54 Å². The Morgan fingerprint density at radius 1 is 1.33 bits per heavy atom. The molecule has 1 fully saturated rings. The average molecular weight is 349 g/mol. The first-order valence-electron chi connectivity index (χ1n) is 7.58. The summed E-state index contributed by atoms with van der Waals surface area (Å²) in [6, 6.07) is 11.1. The van der Waals surface area contributed by atoms with Crippen LogP contribution in [0.5, 0.6) is 0 Å². The molecule has 1 unspecified atom stereocenters. The summed E-state index contributed by atoms with van der Waals surface area (Å²) in [5.41, 5.74) is 2.40. The minimum atomic E-state index is 0.369. The first kappa shape index (κ1) is 14.8. The first-order valence-corrected chi connectivity index (χ1v) is 8.38. The average Bonchev–Trinajstić information content (AvgIpc) is 3.09. The second kappa shape index (κ2) is 6.32. The van der Waals surface area contributed by atoms with Gasteiger partial charge in [-0.1, -0.05) is 47.1 Å². The van der Waals surface area contributed by atoms with Crippen LogP contribution in [0.1, 0.15) is 55.7 Å². The van der Waals surface area contributed by atoms with Crippen LogP contribution in [-0.4, -0.2) is 16.6 Å². The predicted molar refractivity (Wildman–Crippen MR) is 87.1 cm³/mol. The molecular formula is C17H21BrN2O. The Kier molecular flexibility index (Phi) is 4.45. The van der Waals surface area contributed by atoms with Crippen molar-refractivity contribution in [3.63, 3.8) is 0 Å². The molecule has 3 nitrogen and oxygen atoms in total. The number of aromatic nitrogens is 1. The molecular weight excluding hydrogens is 328 g/mol. The molecule has 2 aromatic rings. The third-order valence-electron chi connectivity index (χ3n) is 4.13. The smallest absolute Gasteiger partial charge is 0.154 e. The summed E-state index contributed by atoms with van der Waals surface area (Å²) in [6.45, 7) is 6.39. The van der Waals surface area contributed by atoms with Crippen molar-refractivity contribution < 1.29 is 4.52 Å². The summed E-state index contributed by atoms with van der Waals surface area (Å²) in [5, 5.41) is 4.21. The van der Waals surface area contributed by atoms with Gasteiger partial charge in [0.2, 0.25) is 0 Å². The van der Waals surface area contributed by atoms with Crippen LogP contribution in [0.2, 0.25) is 0 Å². The van der Waals surface area contributed by atoms with Crippen LogP contribution in [0.25, 0.3) is 0 Å². The van der Waals surface area contributed by atoms with Crippen LogP contribution in [0.3, 0.4) is 0 Å². The lowest BCUT2D eigenvalue weighted by atomic mass is 10.1. The highest BCUT2D eigenvalue weighted by atomic mass is 79.9. The summed E-state index contributed by atoms with van der Waals surface area (Å²) in [5.74, 6) is 1.44. The van der Waals surface area contributed by atoms with E-state index in [0.717, 1.165) is 35.4 Å². The topological polar surface area (TPSA) is 29.3 Å². The summed E-state index contributed by atoms with van der Waals surface area (Å²) in [7, 11) is 0.